The highest BCUT2D eigenvalue weighted by atomic mass is 16.7. The molecule has 2 aliphatic heterocycles. The fourth-order valence-corrected chi connectivity index (χ4v) is 4.71. The fourth-order valence-electron chi connectivity index (χ4n) is 4.71. The summed E-state index contributed by atoms with van der Waals surface area (Å²) in [4.78, 5) is 17.4. The van der Waals surface area contributed by atoms with Gasteiger partial charge >= 0.3 is 5.63 Å². The van der Waals surface area contributed by atoms with Crippen molar-refractivity contribution in [1.82, 2.24) is 0 Å². The van der Waals surface area contributed by atoms with Gasteiger partial charge in [-0.25, -0.2) is 4.79 Å². The van der Waals surface area contributed by atoms with Crippen LogP contribution in [0.25, 0.3) is 11.0 Å². The van der Waals surface area contributed by atoms with E-state index in [-0.39, 0.29) is 11.5 Å². The first-order valence-electron chi connectivity index (χ1n) is 10.1. The Bertz CT molecular complexity index is 1130. The second kappa shape index (κ2) is 7.28. The van der Waals surface area contributed by atoms with E-state index in [2.05, 4.69) is 4.99 Å². The van der Waals surface area contributed by atoms with Crippen LogP contribution in [0.5, 0.6) is 11.5 Å². The molecule has 2 aromatic rings. The molecule has 3 aliphatic rings. The SMILES string of the molecule is COc1cc2c(c3oc(=O)c4c(c13)CCC4=NC(CO)(CO)CO)C1CC(O)OC1O2. The summed E-state index contributed by atoms with van der Waals surface area (Å²) < 4.78 is 22.5. The Morgan fingerprint density at radius 1 is 1.23 bits per heavy atom. The molecule has 1 saturated heterocycles. The molecule has 5 rings (SSSR count). The number of nitrogens with zero attached hydrogens (tertiary/aromatic N) is 1. The van der Waals surface area contributed by atoms with Crippen LogP contribution in [0.2, 0.25) is 0 Å². The van der Waals surface area contributed by atoms with Crippen LogP contribution < -0.4 is 15.1 Å². The zero-order valence-electron chi connectivity index (χ0n) is 16.8. The third kappa shape index (κ3) is 2.90. The van der Waals surface area contributed by atoms with E-state index in [0.717, 1.165) is 0 Å². The molecule has 0 spiro atoms. The Labute approximate surface area is 176 Å². The molecule has 1 aromatic heterocycles. The Hall–Kier alpha value is -2.50. The van der Waals surface area contributed by atoms with E-state index in [4.69, 9.17) is 18.6 Å². The third-order valence-electron chi connectivity index (χ3n) is 6.31. The minimum Gasteiger partial charge on any atom is -0.496 e. The monoisotopic (exact) mass is 433 g/mol. The highest BCUT2D eigenvalue weighted by Gasteiger charge is 2.46. The van der Waals surface area contributed by atoms with Gasteiger partial charge in [-0.2, -0.15) is 0 Å². The number of aliphatic hydroxyl groups is 4. The van der Waals surface area contributed by atoms with Crippen LogP contribution in [0.3, 0.4) is 0 Å². The predicted octanol–water partition coefficient (Wildman–Crippen LogP) is -0.207. The Morgan fingerprint density at radius 3 is 2.65 bits per heavy atom. The average molecular weight is 433 g/mol. The largest absolute Gasteiger partial charge is 0.496 e. The molecule has 1 aliphatic carbocycles. The van der Waals surface area contributed by atoms with Crippen LogP contribution in [-0.2, 0) is 11.2 Å². The highest BCUT2D eigenvalue weighted by molar-refractivity contribution is 6.09. The Balaban J connectivity index is 1.75. The minimum absolute atomic E-state index is 0.253. The molecule has 10 heteroatoms. The summed E-state index contributed by atoms with van der Waals surface area (Å²) in [5, 5.41) is 39.4. The molecule has 0 bridgehead atoms. The van der Waals surface area contributed by atoms with Gasteiger partial charge < -0.3 is 39.1 Å². The maximum absolute atomic E-state index is 13.0. The number of aliphatic hydroxyl groups excluding tert-OH is 4. The summed E-state index contributed by atoms with van der Waals surface area (Å²) in [6, 6.07) is 1.72. The van der Waals surface area contributed by atoms with Gasteiger partial charge in [0.1, 0.15) is 22.6 Å². The summed E-state index contributed by atoms with van der Waals surface area (Å²) in [5.74, 6) is 0.675. The maximum Gasteiger partial charge on any atom is 0.345 e. The molecule has 1 aromatic carbocycles. The average Bonchev–Trinajstić information content (AvgIpc) is 3.43. The molecular formula is C21H23NO9. The van der Waals surface area contributed by atoms with Crippen molar-refractivity contribution in [1.29, 1.82) is 0 Å². The molecule has 3 unspecified atom stereocenters. The van der Waals surface area contributed by atoms with Crippen LogP contribution in [0.4, 0.5) is 0 Å². The topological polar surface area (TPSA) is 151 Å². The van der Waals surface area contributed by atoms with Crippen molar-refractivity contribution in [3.63, 3.8) is 0 Å². The maximum atomic E-state index is 13.0. The second-order valence-electron chi connectivity index (χ2n) is 8.11. The van der Waals surface area contributed by atoms with E-state index >= 15 is 0 Å². The van der Waals surface area contributed by atoms with Crippen LogP contribution in [0.1, 0.15) is 35.4 Å². The molecule has 0 radical (unpaired) electrons. The van der Waals surface area contributed by atoms with Gasteiger partial charge in [-0.15, -0.1) is 0 Å². The number of aliphatic imine (C=N–C) groups is 1. The van der Waals surface area contributed by atoms with Crippen molar-refractivity contribution in [3.05, 3.63) is 33.2 Å². The molecule has 31 heavy (non-hydrogen) atoms. The lowest BCUT2D eigenvalue weighted by atomic mass is 9.93. The number of methoxy groups -OCH3 is 1. The number of hydrogen-bond acceptors (Lipinski definition) is 10. The van der Waals surface area contributed by atoms with Crippen molar-refractivity contribution in [3.8, 4) is 11.5 Å². The van der Waals surface area contributed by atoms with Crippen molar-refractivity contribution < 1.29 is 39.1 Å². The van der Waals surface area contributed by atoms with E-state index < -0.39 is 43.6 Å². The quantitative estimate of drug-likeness (QED) is 0.470. The van der Waals surface area contributed by atoms with E-state index in [1.54, 1.807) is 6.07 Å². The van der Waals surface area contributed by atoms with Gasteiger partial charge in [0.05, 0.1) is 49.5 Å². The third-order valence-corrected chi connectivity index (χ3v) is 6.31. The first-order chi connectivity index (χ1) is 14.9. The minimum atomic E-state index is -1.49. The predicted molar refractivity (Wildman–Crippen MR) is 107 cm³/mol. The standard InChI is InChI=1S/C21H23NO9/c1-28-12-5-13-17(10-4-14(26)30-20(10)29-13)18-16(12)9-2-3-11(15(9)19(27)31-18)22-21(6-23,7-24)8-25/h5,10,14,20,23-26H,2-4,6-8H2,1H3. The molecule has 3 heterocycles. The molecule has 0 saturated carbocycles. The van der Waals surface area contributed by atoms with E-state index in [9.17, 15) is 25.2 Å². The number of hydrogen-bond donors (Lipinski definition) is 4. The fraction of sp³-hybridized carbons (Fsp3) is 0.524. The Kier molecular flexibility index (Phi) is 4.79. The van der Waals surface area contributed by atoms with Crippen LogP contribution >= 0.6 is 0 Å². The lowest BCUT2D eigenvalue weighted by molar-refractivity contribution is -0.147. The van der Waals surface area contributed by atoms with Gasteiger partial charge in [0.15, 0.2) is 6.29 Å². The lowest BCUT2D eigenvalue weighted by Gasteiger charge is -2.23. The van der Waals surface area contributed by atoms with Crippen LogP contribution in [0, 0.1) is 0 Å². The summed E-state index contributed by atoms with van der Waals surface area (Å²) in [7, 11) is 1.51. The summed E-state index contributed by atoms with van der Waals surface area (Å²) in [6.45, 7) is -1.72. The zero-order chi connectivity index (χ0) is 21.9. The summed E-state index contributed by atoms with van der Waals surface area (Å²) in [5.41, 5.74) is 0.205. The van der Waals surface area contributed by atoms with E-state index in [1.165, 1.54) is 7.11 Å². The van der Waals surface area contributed by atoms with Crippen molar-refractivity contribution in [2.75, 3.05) is 26.9 Å². The van der Waals surface area contributed by atoms with Crippen molar-refractivity contribution >= 4 is 16.7 Å². The lowest BCUT2D eigenvalue weighted by Crippen LogP contribution is -2.41. The van der Waals surface area contributed by atoms with Gasteiger partial charge in [0.2, 0.25) is 6.29 Å². The molecule has 10 nitrogen and oxygen atoms in total. The van der Waals surface area contributed by atoms with Gasteiger partial charge in [0, 0.05) is 18.1 Å². The number of rotatable bonds is 5. The number of ether oxygens (including phenoxy) is 3. The summed E-state index contributed by atoms with van der Waals surface area (Å²) >= 11 is 0. The highest BCUT2D eigenvalue weighted by Crippen LogP contribution is 2.52. The molecular weight excluding hydrogens is 410 g/mol. The van der Waals surface area contributed by atoms with Crippen molar-refractivity contribution in [2.24, 2.45) is 4.99 Å². The first-order valence-corrected chi connectivity index (χ1v) is 10.1. The molecule has 1 fully saturated rings. The van der Waals surface area contributed by atoms with Gasteiger partial charge in [0.25, 0.3) is 0 Å². The van der Waals surface area contributed by atoms with Gasteiger partial charge in [-0.1, -0.05) is 0 Å². The first kappa shape index (κ1) is 20.4. The molecule has 0 amide bonds. The van der Waals surface area contributed by atoms with Gasteiger partial charge in [-0.05, 0) is 18.4 Å². The number of aryl methyl sites for hydroxylation is 1. The number of benzene rings is 1. The second-order valence-corrected chi connectivity index (χ2v) is 8.11. The zero-order valence-corrected chi connectivity index (χ0v) is 16.8. The van der Waals surface area contributed by atoms with E-state index in [0.29, 0.717) is 58.6 Å². The smallest absolute Gasteiger partial charge is 0.345 e. The van der Waals surface area contributed by atoms with Crippen LogP contribution in [0.15, 0.2) is 20.3 Å². The molecule has 166 valence electrons. The van der Waals surface area contributed by atoms with Crippen molar-refractivity contribution in [2.45, 2.75) is 43.3 Å². The molecule has 3 atom stereocenters. The van der Waals surface area contributed by atoms with Gasteiger partial charge in [-0.3, -0.25) is 4.99 Å². The normalized spacial score (nSPS) is 25.6. The summed E-state index contributed by atoms with van der Waals surface area (Å²) in [6.07, 6.45) is -0.443. The van der Waals surface area contributed by atoms with Crippen LogP contribution in [-0.4, -0.2) is 71.2 Å². The number of fused-ring (bicyclic) bond motifs is 7. The van der Waals surface area contributed by atoms with E-state index in [1.807, 2.05) is 0 Å². The Morgan fingerprint density at radius 2 is 1.97 bits per heavy atom. The molecule has 4 N–H and O–H groups in total.